The maximum absolute atomic E-state index is 12.0. The highest BCUT2D eigenvalue weighted by Gasteiger charge is 2.23. The Hall–Kier alpha value is -2.74. The summed E-state index contributed by atoms with van der Waals surface area (Å²) < 4.78 is 11.2. The van der Waals surface area contributed by atoms with Gasteiger partial charge in [0.15, 0.2) is 11.5 Å². The lowest BCUT2D eigenvalue weighted by atomic mass is 10.0. The number of H-pyrrole nitrogens is 1. The van der Waals surface area contributed by atoms with Gasteiger partial charge in [-0.25, -0.2) is 0 Å². The van der Waals surface area contributed by atoms with Crippen molar-refractivity contribution in [3.05, 3.63) is 45.9 Å². The number of aryl methyl sites for hydroxylation is 1. The van der Waals surface area contributed by atoms with Crippen molar-refractivity contribution in [1.82, 2.24) is 4.98 Å². The third kappa shape index (κ3) is 3.21. The molecule has 0 spiro atoms. The van der Waals surface area contributed by atoms with E-state index in [2.05, 4.69) is 4.98 Å². The molecule has 1 fully saturated rings. The first-order chi connectivity index (χ1) is 11.1. The topological polar surface area (TPSA) is 75.1 Å². The molecule has 5 nitrogen and oxygen atoms in total. The Labute approximate surface area is 134 Å². The third-order valence-corrected chi connectivity index (χ3v) is 3.93. The zero-order valence-electron chi connectivity index (χ0n) is 13.2. The van der Waals surface area contributed by atoms with Gasteiger partial charge in [-0.15, -0.1) is 0 Å². The van der Waals surface area contributed by atoms with E-state index in [1.54, 1.807) is 26.2 Å². The van der Waals surface area contributed by atoms with Crippen LogP contribution < -0.4 is 15.0 Å². The average molecular weight is 310 g/mol. The molecule has 0 aliphatic heterocycles. The van der Waals surface area contributed by atoms with E-state index in [9.17, 15) is 10.1 Å². The molecule has 5 heteroatoms. The fraction of sp³-hybridized carbons (Fsp3) is 0.333. The first kappa shape index (κ1) is 15.2. The number of ether oxygens (including phenoxy) is 2. The van der Waals surface area contributed by atoms with Crippen molar-refractivity contribution in [2.24, 2.45) is 5.92 Å². The van der Waals surface area contributed by atoms with Crippen molar-refractivity contribution < 1.29 is 9.47 Å². The number of benzene rings is 1. The lowest BCUT2D eigenvalue weighted by Gasteiger charge is -2.13. The quantitative estimate of drug-likeness (QED) is 0.921. The molecule has 0 bridgehead atoms. The molecule has 1 aromatic carbocycles. The molecule has 2 aromatic rings. The number of aromatic nitrogens is 1. The van der Waals surface area contributed by atoms with Gasteiger partial charge in [0, 0.05) is 11.3 Å². The summed E-state index contributed by atoms with van der Waals surface area (Å²) in [5, 5.41) is 9.28. The van der Waals surface area contributed by atoms with Crippen LogP contribution in [-0.4, -0.2) is 18.7 Å². The number of hydrogen-bond donors (Lipinski definition) is 1. The highest BCUT2D eigenvalue weighted by Crippen LogP contribution is 2.36. The van der Waals surface area contributed by atoms with Crippen LogP contribution >= 0.6 is 0 Å². The van der Waals surface area contributed by atoms with Crippen LogP contribution in [0.5, 0.6) is 11.5 Å². The average Bonchev–Trinajstić information content (AvgIpc) is 3.36. The molecule has 23 heavy (non-hydrogen) atoms. The summed E-state index contributed by atoms with van der Waals surface area (Å²) in [5.74, 6) is 1.91. The number of rotatable bonds is 5. The Morgan fingerprint density at radius 2 is 2.09 bits per heavy atom. The molecule has 0 unspecified atom stereocenters. The second kappa shape index (κ2) is 6.17. The zero-order chi connectivity index (χ0) is 16.4. The van der Waals surface area contributed by atoms with Gasteiger partial charge in [-0.2, -0.15) is 5.26 Å². The normalized spacial score (nSPS) is 13.4. The van der Waals surface area contributed by atoms with E-state index in [-0.39, 0.29) is 11.1 Å². The van der Waals surface area contributed by atoms with Crippen LogP contribution in [0, 0.1) is 24.2 Å². The molecular weight excluding hydrogens is 292 g/mol. The number of aromatic amines is 1. The monoisotopic (exact) mass is 310 g/mol. The molecule has 0 atom stereocenters. The van der Waals surface area contributed by atoms with E-state index < -0.39 is 0 Å². The largest absolute Gasteiger partial charge is 0.493 e. The molecule has 0 radical (unpaired) electrons. The van der Waals surface area contributed by atoms with Gasteiger partial charge in [-0.1, -0.05) is 6.07 Å². The van der Waals surface area contributed by atoms with Crippen LogP contribution in [0.1, 0.15) is 24.1 Å². The molecule has 3 rings (SSSR count). The summed E-state index contributed by atoms with van der Waals surface area (Å²) in [6, 6.07) is 9.24. The lowest BCUT2D eigenvalue weighted by Crippen LogP contribution is -2.12. The summed E-state index contributed by atoms with van der Waals surface area (Å²) in [5.41, 5.74) is 1.81. The van der Waals surface area contributed by atoms with Gasteiger partial charge in [-0.3, -0.25) is 4.79 Å². The van der Waals surface area contributed by atoms with Crippen molar-refractivity contribution in [2.75, 3.05) is 13.7 Å². The lowest BCUT2D eigenvalue weighted by molar-refractivity contribution is 0.280. The summed E-state index contributed by atoms with van der Waals surface area (Å²) in [6.07, 6.45) is 2.40. The van der Waals surface area contributed by atoms with Crippen molar-refractivity contribution in [3.63, 3.8) is 0 Å². The Bertz CT molecular complexity index is 829. The van der Waals surface area contributed by atoms with E-state index in [0.29, 0.717) is 35.3 Å². The zero-order valence-corrected chi connectivity index (χ0v) is 13.2. The molecule has 1 N–H and O–H groups in total. The van der Waals surface area contributed by atoms with E-state index in [1.165, 1.54) is 12.8 Å². The summed E-state index contributed by atoms with van der Waals surface area (Å²) in [7, 11) is 1.59. The fourth-order valence-electron chi connectivity index (χ4n) is 2.48. The van der Waals surface area contributed by atoms with Crippen LogP contribution in [-0.2, 0) is 0 Å². The SMILES string of the molecule is COc1ccc(-c2cc(C)[nH]c(=O)c2C#N)cc1OCC1CC1. The van der Waals surface area contributed by atoms with Gasteiger partial charge in [0.25, 0.3) is 5.56 Å². The molecule has 1 aliphatic carbocycles. The van der Waals surface area contributed by atoms with E-state index >= 15 is 0 Å². The number of methoxy groups -OCH3 is 1. The number of nitrogens with zero attached hydrogens (tertiary/aromatic N) is 1. The summed E-state index contributed by atoms with van der Waals surface area (Å²) >= 11 is 0. The van der Waals surface area contributed by atoms with Crippen LogP contribution in [0.15, 0.2) is 29.1 Å². The van der Waals surface area contributed by atoms with E-state index in [1.807, 2.05) is 18.2 Å². The predicted molar refractivity (Wildman–Crippen MR) is 86.7 cm³/mol. The van der Waals surface area contributed by atoms with Crippen molar-refractivity contribution in [3.8, 4) is 28.7 Å². The summed E-state index contributed by atoms with van der Waals surface area (Å²) in [6.45, 7) is 2.46. The smallest absolute Gasteiger partial charge is 0.266 e. The summed E-state index contributed by atoms with van der Waals surface area (Å²) in [4.78, 5) is 14.6. The third-order valence-electron chi connectivity index (χ3n) is 3.93. The fourth-order valence-corrected chi connectivity index (χ4v) is 2.48. The number of hydrogen-bond acceptors (Lipinski definition) is 4. The number of nitrogens with one attached hydrogen (secondary N) is 1. The van der Waals surface area contributed by atoms with Crippen LogP contribution in [0.2, 0.25) is 0 Å². The minimum atomic E-state index is -0.376. The first-order valence-electron chi connectivity index (χ1n) is 7.57. The maximum Gasteiger partial charge on any atom is 0.266 e. The minimum absolute atomic E-state index is 0.105. The van der Waals surface area contributed by atoms with Gasteiger partial charge >= 0.3 is 0 Å². The van der Waals surface area contributed by atoms with Crippen LogP contribution in [0.25, 0.3) is 11.1 Å². The van der Waals surface area contributed by atoms with Gasteiger partial charge < -0.3 is 14.5 Å². The molecule has 1 aliphatic rings. The van der Waals surface area contributed by atoms with Crippen molar-refractivity contribution in [1.29, 1.82) is 5.26 Å². The van der Waals surface area contributed by atoms with E-state index in [0.717, 1.165) is 5.56 Å². The maximum atomic E-state index is 12.0. The molecule has 0 amide bonds. The molecule has 1 saturated carbocycles. The second-order valence-electron chi connectivity index (χ2n) is 5.80. The molecular formula is C18H18N2O3. The Morgan fingerprint density at radius 3 is 2.74 bits per heavy atom. The van der Waals surface area contributed by atoms with Crippen LogP contribution in [0.3, 0.4) is 0 Å². The highest BCUT2D eigenvalue weighted by atomic mass is 16.5. The first-order valence-corrected chi connectivity index (χ1v) is 7.57. The van der Waals surface area contributed by atoms with Gasteiger partial charge in [0.05, 0.1) is 13.7 Å². The molecule has 1 heterocycles. The Balaban J connectivity index is 2.04. The van der Waals surface area contributed by atoms with Crippen molar-refractivity contribution in [2.45, 2.75) is 19.8 Å². The predicted octanol–water partition coefficient (Wildman–Crippen LogP) is 3.02. The Morgan fingerprint density at radius 1 is 1.30 bits per heavy atom. The second-order valence-corrected chi connectivity index (χ2v) is 5.80. The Kier molecular flexibility index (Phi) is 4.07. The van der Waals surface area contributed by atoms with Crippen LogP contribution in [0.4, 0.5) is 0 Å². The van der Waals surface area contributed by atoms with Crippen molar-refractivity contribution >= 4 is 0 Å². The standard InChI is InChI=1S/C18H18N2O3/c1-11-7-14(15(9-19)18(21)20-11)13-5-6-16(22-2)17(8-13)23-10-12-3-4-12/h5-8,12H,3-4,10H2,1-2H3,(H,20,21). The minimum Gasteiger partial charge on any atom is -0.493 e. The molecule has 1 aromatic heterocycles. The number of nitriles is 1. The number of pyridine rings is 1. The highest BCUT2D eigenvalue weighted by molar-refractivity contribution is 5.72. The van der Waals surface area contributed by atoms with Gasteiger partial charge in [-0.05, 0) is 49.4 Å². The van der Waals surface area contributed by atoms with E-state index in [4.69, 9.17) is 9.47 Å². The molecule has 118 valence electrons. The van der Waals surface area contributed by atoms with Gasteiger partial charge in [0.2, 0.25) is 0 Å². The molecule has 0 saturated heterocycles. The van der Waals surface area contributed by atoms with Gasteiger partial charge in [0.1, 0.15) is 11.6 Å².